The second-order valence-electron chi connectivity index (χ2n) is 5.15. The summed E-state index contributed by atoms with van der Waals surface area (Å²) >= 11 is 6.76. The van der Waals surface area contributed by atoms with Crippen LogP contribution in [0.25, 0.3) is 0 Å². The maximum absolute atomic E-state index is 5.72. The summed E-state index contributed by atoms with van der Waals surface area (Å²) in [5, 5.41) is 3.15. The Morgan fingerprint density at radius 2 is 1.95 bits per heavy atom. The molecule has 0 aliphatic carbocycles. The second-order valence-corrected chi connectivity index (χ2v) is 6.47. The summed E-state index contributed by atoms with van der Waals surface area (Å²) in [5.41, 5.74) is 9.07. The minimum atomic E-state index is 0.465. The van der Waals surface area contributed by atoms with Crippen LogP contribution in [0.5, 0.6) is 0 Å². The van der Waals surface area contributed by atoms with Gasteiger partial charge in [-0.1, -0.05) is 12.2 Å². The van der Waals surface area contributed by atoms with Crippen LogP contribution in [0.1, 0.15) is 11.1 Å². The van der Waals surface area contributed by atoms with Crippen molar-refractivity contribution >= 4 is 39.4 Å². The third-order valence-corrected chi connectivity index (χ3v) is 4.86. The molecule has 1 aliphatic heterocycles. The number of hydrogen-bond acceptors (Lipinski definition) is 5. The van der Waals surface area contributed by atoms with E-state index in [4.69, 9.17) is 18.0 Å². The predicted molar refractivity (Wildman–Crippen MR) is 93.6 cm³/mol. The first-order chi connectivity index (χ1) is 10.1. The summed E-state index contributed by atoms with van der Waals surface area (Å²) in [6, 6.07) is 6.31. The van der Waals surface area contributed by atoms with Gasteiger partial charge in [-0.2, -0.15) is 0 Å². The number of benzene rings is 1. The van der Waals surface area contributed by atoms with Crippen molar-refractivity contribution in [1.29, 1.82) is 0 Å². The summed E-state index contributed by atoms with van der Waals surface area (Å²) in [6.07, 6.45) is 1.87. The van der Waals surface area contributed by atoms with E-state index < -0.39 is 0 Å². The average Bonchev–Trinajstić information content (AvgIpc) is 3.01. The van der Waals surface area contributed by atoms with Crippen molar-refractivity contribution in [2.45, 2.75) is 6.92 Å². The van der Waals surface area contributed by atoms with Crippen molar-refractivity contribution in [1.82, 2.24) is 4.98 Å². The fourth-order valence-electron chi connectivity index (χ4n) is 2.65. The molecule has 1 aromatic carbocycles. The number of hydrogen-bond donors (Lipinski definition) is 1. The molecule has 0 unspecified atom stereocenters. The predicted octanol–water partition coefficient (Wildman–Crippen LogP) is 2.41. The zero-order chi connectivity index (χ0) is 14.8. The van der Waals surface area contributed by atoms with Gasteiger partial charge in [0.15, 0.2) is 5.13 Å². The highest BCUT2D eigenvalue weighted by Crippen LogP contribution is 2.23. The Morgan fingerprint density at radius 1 is 1.24 bits per heavy atom. The number of aryl methyl sites for hydroxylation is 1. The van der Waals surface area contributed by atoms with Crippen LogP contribution in [0.4, 0.5) is 10.8 Å². The third-order valence-electron chi connectivity index (χ3n) is 3.81. The van der Waals surface area contributed by atoms with Crippen molar-refractivity contribution in [3.05, 3.63) is 40.9 Å². The topological polar surface area (TPSA) is 45.4 Å². The van der Waals surface area contributed by atoms with Crippen LogP contribution in [-0.4, -0.2) is 36.2 Å². The number of nitrogens with zero attached hydrogens (tertiary/aromatic N) is 3. The Morgan fingerprint density at radius 3 is 2.52 bits per heavy atom. The summed E-state index contributed by atoms with van der Waals surface area (Å²) in [4.78, 5) is 9.59. The fraction of sp³-hybridized carbons (Fsp3) is 0.333. The van der Waals surface area contributed by atoms with E-state index >= 15 is 0 Å². The van der Waals surface area contributed by atoms with Crippen LogP contribution >= 0.6 is 23.6 Å². The molecule has 1 aliphatic rings. The van der Waals surface area contributed by atoms with Gasteiger partial charge in [0.1, 0.15) is 4.99 Å². The maximum atomic E-state index is 5.72. The van der Waals surface area contributed by atoms with Crippen LogP contribution in [0, 0.1) is 6.92 Å². The molecular weight excluding hydrogens is 300 g/mol. The van der Waals surface area contributed by atoms with Gasteiger partial charge in [-0.15, -0.1) is 11.3 Å². The van der Waals surface area contributed by atoms with Gasteiger partial charge >= 0.3 is 0 Å². The van der Waals surface area contributed by atoms with Crippen molar-refractivity contribution in [2.75, 3.05) is 36.0 Å². The van der Waals surface area contributed by atoms with Gasteiger partial charge in [0.2, 0.25) is 0 Å². The van der Waals surface area contributed by atoms with Crippen LogP contribution in [0.2, 0.25) is 0 Å². The molecule has 0 spiro atoms. The number of piperazine rings is 1. The average molecular weight is 318 g/mol. The van der Waals surface area contributed by atoms with Gasteiger partial charge in [-0.25, -0.2) is 4.98 Å². The molecule has 2 N–H and O–H groups in total. The van der Waals surface area contributed by atoms with Gasteiger partial charge in [0, 0.05) is 49.0 Å². The summed E-state index contributed by atoms with van der Waals surface area (Å²) in [7, 11) is 0. The minimum absolute atomic E-state index is 0.465. The molecule has 6 heteroatoms. The van der Waals surface area contributed by atoms with Crippen molar-refractivity contribution in [3.63, 3.8) is 0 Å². The molecule has 21 heavy (non-hydrogen) atoms. The molecule has 0 amide bonds. The highest BCUT2D eigenvalue weighted by atomic mass is 32.1. The molecule has 110 valence electrons. The van der Waals surface area contributed by atoms with Crippen LogP contribution in [0.15, 0.2) is 29.8 Å². The third kappa shape index (κ3) is 3.01. The van der Waals surface area contributed by atoms with Crippen LogP contribution in [0.3, 0.4) is 0 Å². The Hall–Kier alpha value is -1.66. The first kappa shape index (κ1) is 14.3. The van der Waals surface area contributed by atoms with Gasteiger partial charge in [0.25, 0.3) is 0 Å². The SMILES string of the molecule is Cc1cc(N2CCN(c3nccs3)CC2)ccc1C(N)=S. The molecule has 1 aromatic heterocycles. The normalized spacial score (nSPS) is 15.3. The Labute approximate surface area is 134 Å². The van der Waals surface area contributed by atoms with Crippen molar-refractivity contribution in [3.8, 4) is 0 Å². The van der Waals surface area contributed by atoms with Gasteiger partial charge in [-0.05, 0) is 30.7 Å². The van der Waals surface area contributed by atoms with E-state index in [0.29, 0.717) is 4.99 Å². The largest absolute Gasteiger partial charge is 0.389 e. The molecule has 2 aromatic rings. The van der Waals surface area contributed by atoms with Crippen molar-refractivity contribution < 1.29 is 0 Å². The fourth-order valence-corrected chi connectivity index (χ4v) is 3.57. The number of nitrogens with two attached hydrogens (primary N) is 1. The number of aromatic nitrogens is 1. The summed E-state index contributed by atoms with van der Waals surface area (Å²) in [5.74, 6) is 0. The van der Waals surface area contributed by atoms with E-state index in [0.717, 1.165) is 42.4 Å². The van der Waals surface area contributed by atoms with E-state index in [1.165, 1.54) is 5.69 Å². The number of thiocarbonyl (C=S) groups is 1. The smallest absolute Gasteiger partial charge is 0.185 e. The van der Waals surface area contributed by atoms with E-state index in [2.05, 4.69) is 33.8 Å². The standard InChI is InChI=1S/C15H18N4S2/c1-11-10-12(2-3-13(11)14(16)20)18-5-7-19(8-6-18)15-17-4-9-21-15/h2-4,9-10H,5-8H2,1H3,(H2,16,20). The van der Waals surface area contributed by atoms with Gasteiger partial charge < -0.3 is 15.5 Å². The lowest BCUT2D eigenvalue weighted by Gasteiger charge is -2.36. The highest BCUT2D eigenvalue weighted by molar-refractivity contribution is 7.80. The lowest BCUT2D eigenvalue weighted by Crippen LogP contribution is -2.46. The first-order valence-corrected chi connectivity index (χ1v) is 8.24. The van der Waals surface area contributed by atoms with E-state index in [1.807, 2.05) is 17.6 Å². The molecule has 1 saturated heterocycles. The lowest BCUT2D eigenvalue weighted by atomic mass is 10.1. The van der Waals surface area contributed by atoms with Crippen molar-refractivity contribution in [2.24, 2.45) is 5.73 Å². The van der Waals surface area contributed by atoms with E-state index in [-0.39, 0.29) is 0 Å². The number of thiazole rings is 1. The molecule has 0 bridgehead atoms. The number of anilines is 2. The molecule has 4 nitrogen and oxygen atoms in total. The maximum Gasteiger partial charge on any atom is 0.185 e. The molecule has 3 rings (SSSR count). The zero-order valence-corrected chi connectivity index (χ0v) is 13.6. The van der Waals surface area contributed by atoms with E-state index in [9.17, 15) is 0 Å². The monoisotopic (exact) mass is 318 g/mol. The molecule has 1 fully saturated rings. The molecule has 0 saturated carbocycles. The van der Waals surface area contributed by atoms with Gasteiger partial charge in [-0.3, -0.25) is 0 Å². The lowest BCUT2D eigenvalue weighted by molar-refractivity contribution is 0.652. The molecule has 2 heterocycles. The number of rotatable bonds is 3. The van der Waals surface area contributed by atoms with Crippen LogP contribution in [-0.2, 0) is 0 Å². The Kier molecular flexibility index (Phi) is 4.07. The molecular formula is C15H18N4S2. The summed E-state index contributed by atoms with van der Waals surface area (Å²) in [6.45, 7) is 6.08. The Bertz CT molecular complexity index is 631. The van der Waals surface area contributed by atoms with E-state index in [1.54, 1.807) is 11.3 Å². The first-order valence-electron chi connectivity index (χ1n) is 6.95. The van der Waals surface area contributed by atoms with Crippen LogP contribution < -0.4 is 15.5 Å². The zero-order valence-electron chi connectivity index (χ0n) is 12.0. The van der Waals surface area contributed by atoms with Gasteiger partial charge in [0.05, 0.1) is 0 Å². The molecule has 0 atom stereocenters. The summed E-state index contributed by atoms with van der Waals surface area (Å²) < 4.78 is 0. The Balaban J connectivity index is 1.69. The quantitative estimate of drug-likeness (QED) is 0.881. The highest BCUT2D eigenvalue weighted by Gasteiger charge is 2.19. The molecule has 0 radical (unpaired) electrons. The minimum Gasteiger partial charge on any atom is -0.389 e. The second kappa shape index (κ2) is 5.99.